The van der Waals surface area contributed by atoms with Crippen molar-refractivity contribution in [1.29, 1.82) is 0 Å². The van der Waals surface area contributed by atoms with Crippen molar-refractivity contribution < 1.29 is 17.6 Å². The van der Waals surface area contributed by atoms with Gasteiger partial charge in [-0.05, 0) is 56.0 Å². The third-order valence-electron chi connectivity index (χ3n) is 4.86. The molecule has 5 nitrogen and oxygen atoms in total. The monoisotopic (exact) mass is 424 g/mol. The first-order valence-corrected chi connectivity index (χ1v) is 10.9. The summed E-state index contributed by atoms with van der Waals surface area (Å²) in [4.78, 5) is 14.6. The van der Waals surface area contributed by atoms with Crippen LogP contribution in [0.3, 0.4) is 0 Å². The Morgan fingerprint density at radius 1 is 1.25 bits per heavy atom. The van der Waals surface area contributed by atoms with E-state index in [9.17, 15) is 17.6 Å². The number of carbonyl (C=O) groups excluding carboxylic acids is 1. The molecule has 1 aliphatic rings. The predicted molar refractivity (Wildman–Crippen MR) is 106 cm³/mol. The third-order valence-corrected chi connectivity index (χ3v) is 6.61. The number of aryl methyl sites for hydroxylation is 1. The van der Waals surface area contributed by atoms with Crippen LogP contribution in [0.5, 0.6) is 0 Å². The van der Waals surface area contributed by atoms with Gasteiger partial charge in [0.15, 0.2) is 0 Å². The van der Waals surface area contributed by atoms with E-state index in [4.69, 9.17) is 11.6 Å². The number of carbonyl (C=O) groups is 1. The number of likely N-dealkylation sites (tertiary alicyclic amines) is 1. The summed E-state index contributed by atoms with van der Waals surface area (Å²) in [5.41, 5.74) is 1.24. The van der Waals surface area contributed by atoms with Crippen molar-refractivity contribution in [3.8, 4) is 0 Å². The smallest absolute Gasteiger partial charge is 0.255 e. The van der Waals surface area contributed by atoms with Crippen LogP contribution in [0.15, 0.2) is 47.4 Å². The van der Waals surface area contributed by atoms with Gasteiger partial charge in [-0.15, -0.1) is 0 Å². The molecule has 1 saturated heterocycles. The summed E-state index contributed by atoms with van der Waals surface area (Å²) in [6, 6.07) is 10.4. The molecule has 1 fully saturated rings. The molecule has 0 aromatic heterocycles. The molecule has 1 amide bonds. The number of nitrogens with one attached hydrogen (secondary N) is 1. The van der Waals surface area contributed by atoms with Gasteiger partial charge in [0.25, 0.3) is 5.91 Å². The summed E-state index contributed by atoms with van der Waals surface area (Å²) in [6.45, 7) is 3.12. The molecule has 28 heavy (non-hydrogen) atoms. The van der Waals surface area contributed by atoms with Crippen LogP contribution in [0.2, 0.25) is 5.02 Å². The molecule has 0 aliphatic carbocycles. The van der Waals surface area contributed by atoms with E-state index in [1.807, 2.05) is 6.92 Å². The van der Waals surface area contributed by atoms with Crippen molar-refractivity contribution in [2.75, 3.05) is 19.6 Å². The maximum atomic E-state index is 13.2. The second-order valence-electron chi connectivity index (χ2n) is 7.05. The topological polar surface area (TPSA) is 66.5 Å². The zero-order valence-corrected chi connectivity index (χ0v) is 17.1. The van der Waals surface area contributed by atoms with Crippen molar-refractivity contribution in [1.82, 2.24) is 9.62 Å². The Morgan fingerprint density at radius 3 is 2.64 bits per heavy atom. The highest BCUT2D eigenvalue weighted by atomic mass is 35.5. The SMILES string of the molecule is Cc1ccc(S(=O)(=O)NCC2CCCN(C(=O)c3ccc(F)cc3Cl)C2)cc1. The Labute approximate surface area is 169 Å². The molecule has 150 valence electrons. The van der Waals surface area contributed by atoms with Crippen molar-refractivity contribution in [2.24, 2.45) is 5.92 Å². The molecule has 2 aromatic carbocycles. The van der Waals surface area contributed by atoms with E-state index in [-0.39, 0.29) is 33.9 Å². The van der Waals surface area contributed by atoms with E-state index in [2.05, 4.69) is 4.72 Å². The first-order valence-electron chi connectivity index (χ1n) is 9.07. The van der Waals surface area contributed by atoms with Crippen LogP contribution in [0.4, 0.5) is 4.39 Å². The van der Waals surface area contributed by atoms with Crippen molar-refractivity contribution in [3.63, 3.8) is 0 Å². The number of piperidine rings is 1. The van der Waals surface area contributed by atoms with Crippen molar-refractivity contribution in [3.05, 3.63) is 64.4 Å². The van der Waals surface area contributed by atoms with E-state index >= 15 is 0 Å². The fraction of sp³-hybridized carbons (Fsp3) is 0.350. The number of nitrogens with zero attached hydrogens (tertiary/aromatic N) is 1. The highest BCUT2D eigenvalue weighted by molar-refractivity contribution is 7.89. The van der Waals surface area contributed by atoms with Crippen LogP contribution in [0, 0.1) is 18.7 Å². The normalized spacial score (nSPS) is 17.5. The van der Waals surface area contributed by atoms with Gasteiger partial charge in [0, 0.05) is 19.6 Å². The zero-order valence-electron chi connectivity index (χ0n) is 15.5. The first kappa shape index (κ1) is 20.8. The molecule has 0 radical (unpaired) electrons. The lowest BCUT2D eigenvalue weighted by molar-refractivity contribution is 0.0676. The van der Waals surface area contributed by atoms with Gasteiger partial charge < -0.3 is 4.90 Å². The average Bonchev–Trinajstić information content (AvgIpc) is 2.67. The molecule has 3 rings (SSSR count). The van der Waals surface area contributed by atoms with E-state index in [0.29, 0.717) is 13.1 Å². The minimum Gasteiger partial charge on any atom is -0.338 e. The Morgan fingerprint density at radius 2 is 1.96 bits per heavy atom. The molecule has 1 N–H and O–H groups in total. The van der Waals surface area contributed by atoms with Gasteiger partial charge in [-0.2, -0.15) is 0 Å². The minimum atomic E-state index is -3.59. The lowest BCUT2D eigenvalue weighted by Gasteiger charge is -2.33. The van der Waals surface area contributed by atoms with Gasteiger partial charge in [0.05, 0.1) is 15.5 Å². The lowest BCUT2D eigenvalue weighted by atomic mass is 9.97. The maximum absolute atomic E-state index is 13.2. The summed E-state index contributed by atoms with van der Waals surface area (Å²) < 4.78 is 40.8. The maximum Gasteiger partial charge on any atom is 0.255 e. The van der Waals surface area contributed by atoms with Crippen LogP contribution in [0.1, 0.15) is 28.8 Å². The van der Waals surface area contributed by atoms with Crippen LogP contribution in [-0.4, -0.2) is 38.9 Å². The summed E-state index contributed by atoms with van der Waals surface area (Å²) in [5.74, 6) is -0.767. The van der Waals surface area contributed by atoms with Gasteiger partial charge in [-0.25, -0.2) is 17.5 Å². The molecular formula is C20H22ClFN2O3S. The molecule has 1 aliphatic heterocycles. The van der Waals surface area contributed by atoms with Gasteiger partial charge in [0.1, 0.15) is 5.82 Å². The van der Waals surface area contributed by atoms with E-state index in [1.165, 1.54) is 12.1 Å². The Balaban J connectivity index is 1.63. The standard InChI is InChI=1S/C20H22ClFN2O3S/c1-14-4-7-17(8-5-14)28(26,27)23-12-15-3-2-10-24(13-15)20(25)18-9-6-16(22)11-19(18)21/h4-9,11,15,23H,2-3,10,12-13H2,1H3. The molecule has 1 unspecified atom stereocenters. The Kier molecular flexibility index (Phi) is 6.37. The number of halogens is 2. The minimum absolute atomic E-state index is 0.00264. The van der Waals surface area contributed by atoms with Gasteiger partial charge in [-0.1, -0.05) is 29.3 Å². The predicted octanol–water partition coefficient (Wildman–Crippen LogP) is 3.62. The quantitative estimate of drug-likeness (QED) is 0.797. The van der Waals surface area contributed by atoms with Gasteiger partial charge in [-0.3, -0.25) is 4.79 Å². The molecule has 1 atom stereocenters. The molecule has 2 aromatic rings. The number of benzene rings is 2. The van der Waals surface area contributed by atoms with Crippen LogP contribution in [-0.2, 0) is 10.0 Å². The van der Waals surface area contributed by atoms with Gasteiger partial charge >= 0.3 is 0 Å². The Bertz CT molecular complexity index is 964. The summed E-state index contributed by atoms with van der Waals surface area (Å²) in [6.07, 6.45) is 1.58. The summed E-state index contributed by atoms with van der Waals surface area (Å²) in [5, 5.41) is 0.0761. The van der Waals surface area contributed by atoms with E-state index in [0.717, 1.165) is 24.5 Å². The van der Waals surface area contributed by atoms with Crippen molar-refractivity contribution >= 4 is 27.5 Å². The first-order chi connectivity index (χ1) is 13.3. The van der Waals surface area contributed by atoms with Crippen LogP contribution >= 0.6 is 11.6 Å². The number of sulfonamides is 1. The summed E-state index contributed by atoms with van der Waals surface area (Å²) in [7, 11) is -3.59. The largest absolute Gasteiger partial charge is 0.338 e. The fourth-order valence-electron chi connectivity index (χ4n) is 3.28. The van der Waals surface area contributed by atoms with Gasteiger partial charge in [0.2, 0.25) is 10.0 Å². The molecule has 0 spiro atoms. The van der Waals surface area contributed by atoms with Crippen molar-refractivity contribution in [2.45, 2.75) is 24.7 Å². The third kappa shape index (κ3) is 4.90. The zero-order chi connectivity index (χ0) is 20.3. The number of rotatable bonds is 5. The molecular weight excluding hydrogens is 403 g/mol. The fourth-order valence-corrected chi connectivity index (χ4v) is 4.64. The second kappa shape index (κ2) is 8.59. The number of amides is 1. The lowest BCUT2D eigenvalue weighted by Crippen LogP contribution is -2.43. The Hall–Kier alpha value is -1.96. The number of hydrogen-bond acceptors (Lipinski definition) is 3. The van der Waals surface area contributed by atoms with E-state index < -0.39 is 15.8 Å². The average molecular weight is 425 g/mol. The highest BCUT2D eigenvalue weighted by Gasteiger charge is 2.27. The second-order valence-corrected chi connectivity index (χ2v) is 9.22. The molecule has 8 heteroatoms. The van der Waals surface area contributed by atoms with Crippen LogP contribution in [0.25, 0.3) is 0 Å². The molecule has 1 heterocycles. The summed E-state index contributed by atoms with van der Waals surface area (Å²) >= 11 is 6.00. The highest BCUT2D eigenvalue weighted by Crippen LogP contribution is 2.23. The molecule has 0 saturated carbocycles. The molecule has 0 bridgehead atoms. The van der Waals surface area contributed by atoms with Crippen LogP contribution < -0.4 is 4.72 Å². The number of hydrogen-bond donors (Lipinski definition) is 1. The van der Waals surface area contributed by atoms with E-state index in [1.54, 1.807) is 29.2 Å².